The Morgan fingerprint density at radius 2 is 1.71 bits per heavy atom. The highest BCUT2D eigenvalue weighted by Crippen LogP contribution is 2.38. The molecule has 1 unspecified atom stereocenters. The van der Waals surface area contributed by atoms with Gasteiger partial charge in [0.05, 0.1) is 20.3 Å². The number of ether oxygens (including phenoxy) is 2. The molecule has 0 amide bonds. The molecule has 0 saturated carbocycles. The maximum absolute atomic E-state index is 6.27. The Bertz CT molecular complexity index is 615. The fourth-order valence-corrected chi connectivity index (χ4v) is 2.80. The molecule has 112 valence electrons. The van der Waals surface area contributed by atoms with Crippen LogP contribution in [0.3, 0.4) is 0 Å². The van der Waals surface area contributed by atoms with Crippen LogP contribution < -0.4 is 20.7 Å². The smallest absolute Gasteiger partial charge is 0.124 e. The summed E-state index contributed by atoms with van der Waals surface area (Å²) in [4.78, 5) is 0. The van der Waals surface area contributed by atoms with Crippen molar-refractivity contribution in [2.24, 2.45) is 5.84 Å². The van der Waals surface area contributed by atoms with Crippen LogP contribution in [0.4, 0.5) is 0 Å². The molecule has 0 aliphatic rings. The number of halogens is 2. The van der Waals surface area contributed by atoms with Crippen LogP contribution in [0.25, 0.3) is 0 Å². The fourth-order valence-electron chi connectivity index (χ4n) is 2.18. The van der Waals surface area contributed by atoms with Gasteiger partial charge in [0.15, 0.2) is 0 Å². The Balaban J connectivity index is 2.61. The van der Waals surface area contributed by atoms with Gasteiger partial charge in [-0.05, 0) is 30.3 Å². The van der Waals surface area contributed by atoms with E-state index in [-0.39, 0.29) is 0 Å². The molecule has 1 atom stereocenters. The number of nitrogens with two attached hydrogens (primary N) is 1. The minimum absolute atomic E-state index is 0.420. The number of nitrogens with one attached hydrogen (secondary N) is 1. The fraction of sp³-hybridized carbons (Fsp3) is 0.200. The van der Waals surface area contributed by atoms with Gasteiger partial charge in [0.1, 0.15) is 11.5 Å². The Labute approximate surface area is 133 Å². The number of hydrazine groups is 1. The number of methoxy groups -OCH3 is 2. The molecule has 4 nitrogen and oxygen atoms in total. The molecule has 2 aromatic carbocycles. The molecule has 0 aliphatic carbocycles. The summed E-state index contributed by atoms with van der Waals surface area (Å²) in [6.07, 6.45) is 0. The van der Waals surface area contributed by atoms with Crippen molar-refractivity contribution in [3.8, 4) is 11.5 Å². The normalized spacial score (nSPS) is 12.0. The SMILES string of the molecule is COc1ccc(OC)c(C(NN)c2c(Cl)cccc2Cl)c1. The molecule has 2 aromatic rings. The lowest BCUT2D eigenvalue weighted by atomic mass is 9.98. The summed E-state index contributed by atoms with van der Waals surface area (Å²) < 4.78 is 10.6. The lowest BCUT2D eigenvalue weighted by molar-refractivity contribution is 0.394. The third kappa shape index (κ3) is 3.24. The number of hydrogen-bond donors (Lipinski definition) is 2. The summed E-state index contributed by atoms with van der Waals surface area (Å²) in [5.41, 5.74) is 4.21. The second-order valence-corrected chi connectivity index (χ2v) is 5.16. The molecule has 2 rings (SSSR count). The summed E-state index contributed by atoms with van der Waals surface area (Å²) in [6.45, 7) is 0. The molecular weight excluding hydrogens is 311 g/mol. The van der Waals surface area contributed by atoms with Crippen molar-refractivity contribution in [3.63, 3.8) is 0 Å². The zero-order chi connectivity index (χ0) is 15.4. The highest BCUT2D eigenvalue weighted by atomic mass is 35.5. The summed E-state index contributed by atoms with van der Waals surface area (Å²) in [7, 11) is 3.19. The monoisotopic (exact) mass is 326 g/mol. The Morgan fingerprint density at radius 1 is 1.05 bits per heavy atom. The van der Waals surface area contributed by atoms with E-state index in [0.29, 0.717) is 27.1 Å². The third-order valence-corrected chi connectivity index (χ3v) is 3.86. The quantitative estimate of drug-likeness (QED) is 0.651. The van der Waals surface area contributed by atoms with Crippen molar-refractivity contribution >= 4 is 23.2 Å². The van der Waals surface area contributed by atoms with Gasteiger partial charge < -0.3 is 9.47 Å². The highest BCUT2D eigenvalue weighted by Gasteiger charge is 2.22. The van der Waals surface area contributed by atoms with Crippen LogP contribution in [-0.2, 0) is 0 Å². The van der Waals surface area contributed by atoms with Crippen molar-refractivity contribution in [3.05, 3.63) is 57.6 Å². The van der Waals surface area contributed by atoms with Gasteiger partial charge in [0, 0.05) is 21.2 Å². The zero-order valence-corrected chi connectivity index (χ0v) is 13.2. The van der Waals surface area contributed by atoms with E-state index < -0.39 is 6.04 Å². The van der Waals surface area contributed by atoms with E-state index in [1.807, 2.05) is 18.2 Å². The van der Waals surface area contributed by atoms with Crippen molar-refractivity contribution < 1.29 is 9.47 Å². The minimum Gasteiger partial charge on any atom is -0.497 e. The molecule has 0 heterocycles. The first kappa shape index (κ1) is 15.9. The standard InChI is InChI=1S/C15H16Cl2N2O2/c1-20-9-6-7-13(21-2)10(8-9)15(19-18)14-11(16)4-3-5-12(14)17/h3-8,15,19H,18H2,1-2H3. The van der Waals surface area contributed by atoms with Crippen LogP contribution in [-0.4, -0.2) is 14.2 Å². The van der Waals surface area contributed by atoms with Crippen molar-refractivity contribution in [1.29, 1.82) is 0 Å². The third-order valence-electron chi connectivity index (χ3n) is 3.20. The second kappa shape index (κ2) is 7.00. The van der Waals surface area contributed by atoms with E-state index >= 15 is 0 Å². The van der Waals surface area contributed by atoms with Crippen LogP contribution in [0, 0.1) is 0 Å². The Kier molecular flexibility index (Phi) is 5.31. The number of hydrogen-bond acceptors (Lipinski definition) is 4. The number of rotatable bonds is 5. The molecule has 21 heavy (non-hydrogen) atoms. The van der Waals surface area contributed by atoms with E-state index in [9.17, 15) is 0 Å². The van der Waals surface area contributed by atoms with E-state index in [1.54, 1.807) is 32.4 Å². The first-order valence-electron chi connectivity index (χ1n) is 6.24. The molecule has 0 spiro atoms. The summed E-state index contributed by atoms with van der Waals surface area (Å²) in [6, 6.07) is 10.3. The van der Waals surface area contributed by atoms with Gasteiger partial charge in [0.2, 0.25) is 0 Å². The molecule has 0 bridgehead atoms. The van der Waals surface area contributed by atoms with Gasteiger partial charge in [0.25, 0.3) is 0 Å². The molecule has 0 saturated heterocycles. The molecule has 0 aromatic heterocycles. The van der Waals surface area contributed by atoms with E-state index in [0.717, 1.165) is 5.56 Å². The van der Waals surface area contributed by atoms with Crippen molar-refractivity contribution in [1.82, 2.24) is 5.43 Å². The molecule has 0 aliphatic heterocycles. The lowest BCUT2D eigenvalue weighted by Gasteiger charge is -2.22. The van der Waals surface area contributed by atoms with Gasteiger partial charge in [-0.25, -0.2) is 5.43 Å². The minimum atomic E-state index is -0.420. The van der Waals surface area contributed by atoms with Crippen molar-refractivity contribution in [2.75, 3.05) is 14.2 Å². The van der Waals surface area contributed by atoms with E-state index in [4.69, 9.17) is 38.5 Å². The maximum Gasteiger partial charge on any atom is 0.124 e. The first-order valence-corrected chi connectivity index (χ1v) is 7.00. The van der Waals surface area contributed by atoms with Gasteiger partial charge in [-0.3, -0.25) is 5.84 Å². The molecule has 0 fully saturated rings. The van der Waals surface area contributed by atoms with Crippen LogP contribution in [0.15, 0.2) is 36.4 Å². The van der Waals surface area contributed by atoms with Gasteiger partial charge in [-0.1, -0.05) is 29.3 Å². The second-order valence-electron chi connectivity index (χ2n) is 4.34. The molecular formula is C15H16Cl2N2O2. The van der Waals surface area contributed by atoms with Crippen LogP contribution >= 0.6 is 23.2 Å². The van der Waals surface area contributed by atoms with E-state index in [2.05, 4.69) is 5.43 Å². The highest BCUT2D eigenvalue weighted by molar-refractivity contribution is 6.36. The Morgan fingerprint density at radius 3 is 2.24 bits per heavy atom. The first-order chi connectivity index (χ1) is 10.1. The molecule has 3 N–H and O–H groups in total. The zero-order valence-electron chi connectivity index (χ0n) is 11.7. The molecule has 0 radical (unpaired) electrons. The molecule has 6 heteroatoms. The average molecular weight is 327 g/mol. The summed E-state index contributed by atoms with van der Waals surface area (Å²) in [5, 5.41) is 1.05. The average Bonchev–Trinajstić information content (AvgIpc) is 2.50. The summed E-state index contributed by atoms with van der Waals surface area (Å²) in [5.74, 6) is 7.08. The van der Waals surface area contributed by atoms with Gasteiger partial charge in [-0.15, -0.1) is 0 Å². The van der Waals surface area contributed by atoms with Gasteiger partial charge in [-0.2, -0.15) is 0 Å². The number of benzene rings is 2. The maximum atomic E-state index is 6.27. The topological polar surface area (TPSA) is 56.5 Å². The predicted molar refractivity (Wildman–Crippen MR) is 85.2 cm³/mol. The van der Waals surface area contributed by atoms with Crippen molar-refractivity contribution in [2.45, 2.75) is 6.04 Å². The Hall–Kier alpha value is -1.46. The van der Waals surface area contributed by atoms with Crippen LogP contribution in [0.5, 0.6) is 11.5 Å². The largest absolute Gasteiger partial charge is 0.497 e. The predicted octanol–water partition coefficient (Wildman–Crippen LogP) is 3.56. The van der Waals surface area contributed by atoms with Gasteiger partial charge >= 0.3 is 0 Å². The summed E-state index contributed by atoms with van der Waals surface area (Å²) >= 11 is 12.5. The van der Waals surface area contributed by atoms with Crippen LogP contribution in [0.2, 0.25) is 10.0 Å². The lowest BCUT2D eigenvalue weighted by Crippen LogP contribution is -2.29. The van der Waals surface area contributed by atoms with Crippen LogP contribution in [0.1, 0.15) is 17.2 Å². The van der Waals surface area contributed by atoms with E-state index in [1.165, 1.54) is 0 Å².